The van der Waals surface area contributed by atoms with Crippen LogP contribution in [0.1, 0.15) is 61.8 Å². The molecule has 0 saturated heterocycles. The third-order valence-corrected chi connectivity index (χ3v) is 4.54. The van der Waals surface area contributed by atoms with Gasteiger partial charge in [-0.05, 0) is 28.6 Å². The van der Waals surface area contributed by atoms with Crippen molar-refractivity contribution in [1.29, 1.82) is 0 Å². The lowest BCUT2D eigenvalue weighted by Gasteiger charge is -2.49. The van der Waals surface area contributed by atoms with Crippen LogP contribution in [0.25, 0.3) is 0 Å². The summed E-state index contributed by atoms with van der Waals surface area (Å²) in [5, 5.41) is 0. The van der Waals surface area contributed by atoms with E-state index in [0.29, 0.717) is 0 Å². The van der Waals surface area contributed by atoms with Gasteiger partial charge in [-0.3, -0.25) is 0 Å². The van der Waals surface area contributed by atoms with E-state index < -0.39 is 12.8 Å². The number of alkyl halides is 2. The van der Waals surface area contributed by atoms with Crippen LogP contribution in [0.4, 0.5) is 8.78 Å². The molecule has 17 heavy (non-hydrogen) atoms. The Balaban J connectivity index is 5.01. The van der Waals surface area contributed by atoms with Gasteiger partial charge in [0.25, 0.3) is 0 Å². The molecule has 0 spiro atoms. The Bertz CT molecular complexity index is 236. The molecular formula is C15H30F2. The molecule has 0 radical (unpaired) electrons. The maximum Gasteiger partial charge on any atom is 0.131 e. The fourth-order valence-corrected chi connectivity index (χ4v) is 2.76. The van der Waals surface area contributed by atoms with Crippen LogP contribution in [0.3, 0.4) is 0 Å². The zero-order valence-corrected chi connectivity index (χ0v) is 12.8. The first-order valence-corrected chi connectivity index (χ1v) is 6.55. The quantitative estimate of drug-likeness (QED) is 0.609. The Morgan fingerprint density at radius 1 is 0.941 bits per heavy atom. The first kappa shape index (κ1) is 16.9. The van der Waals surface area contributed by atoms with Crippen LogP contribution in [-0.4, -0.2) is 12.8 Å². The molecule has 0 N–H and O–H groups in total. The highest BCUT2D eigenvalue weighted by Crippen LogP contribution is 2.51. The van der Waals surface area contributed by atoms with Gasteiger partial charge in [-0.2, -0.15) is 0 Å². The number of hydrogen-bond acceptors (Lipinski definition) is 0. The predicted molar refractivity (Wildman–Crippen MR) is 71.7 cm³/mol. The van der Waals surface area contributed by atoms with Crippen molar-refractivity contribution in [2.75, 3.05) is 6.67 Å². The lowest BCUT2D eigenvalue weighted by Crippen LogP contribution is -2.44. The highest BCUT2D eigenvalue weighted by atomic mass is 19.2. The summed E-state index contributed by atoms with van der Waals surface area (Å²) in [5.41, 5.74) is -0.0576. The second-order valence-corrected chi connectivity index (χ2v) is 7.80. The first-order valence-electron chi connectivity index (χ1n) is 6.55. The van der Waals surface area contributed by atoms with Gasteiger partial charge in [0.1, 0.15) is 12.8 Å². The normalized spacial score (nSPS) is 18.0. The first-order chi connectivity index (χ1) is 7.35. The Morgan fingerprint density at radius 3 is 1.65 bits per heavy atom. The van der Waals surface area contributed by atoms with Crippen LogP contribution in [0.15, 0.2) is 0 Å². The van der Waals surface area contributed by atoms with E-state index >= 15 is 0 Å². The molecule has 0 amide bonds. The van der Waals surface area contributed by atoms with Gasteiger partial charge < -0.3 is 0 Å². The van der Waals surface area contributed by atoms with Crippen LogP contribution >= 0.6 is 0 Å². The Labute approximate surface area is 106 Å². The monoisotopic (exact) mass is 248 g/mol. The van der Waals surface area contributed by atoms with Gasteiger partial charge in [0, 0.05) is 0 Å². The van der Waals surface area contributed by atoms with E-state index in [-0.39, 0.29) is 22.2 Å². The van der Waals surface area contributed by atoms with E-state index in [4.69, 9.17) is 0 Å². The van der Waals surface area contributed by atoms with Gasteiger partial charge in [0.2, 0.25) is 0 Å². The van der Waals surface area contributed by atoms with Crippen molar-refractivity contribution < 1.29 is 8.78 Å². The van der Waals surface area contributed by atoms with Gasteiger partial charge >= 0.3 is 0 Å². The van der Waals surface area contributed by atoms with E-state index in [1.165, 1.54) is 0 Å². The second-order valence-electron chi connectivity index (χ2n) is 7.80. The maximum atomic E-state index is 13.6. The zero-order valence-electron chi connectivity index (χ0n) is 12.8. The molecule has 2 heteroatoms. The van der Waals surface area contributed by atoms with Crippen LogP contribution in [0, 0.1) is 22.2 Å². The molecule has 104 valence electrons. The lowest BCUT2D eigenvalue weighted by atomic mass is 9.56. The zero-order chi connectivity index (χ0) is 14.1. The summed E-state index contributed by atoms with van der Waals surface area (Å²) in [5.74, 6) is -0.273. The van der Waals surface area contributed by atoms with E-state index in [0.717, 1.165) is 6.42 Å². The minimum Gasteiger partial charge on any atom is -0.248 e. The largest absolute Gasteiger partial charge is 0.248 e. The minimum absolute atomic E-state index is 0.0236. The molecule has 0 rings (SSSR count). The molecule has 2 atom stereocenters. The Kier molecular flexibility index (Phi) is 5.19. The summed E-state index contributed by atoms with van der Waals surface area (Å²) >= 11 is 0. The third kappa shape index (κ3) is 4.22. The summed E-state index contributed by atoms with van der Waals surface area (Å²) in [6, 6.07) is 0. The van der Waals surface area contributed by atoms with Crippen molar-refractivity contribution in [3.63, 3.8) is 0 Å². The average molecular weight is 248 g/mol. The van der Waals surface area contributed by atoms with Crippen molar-refractivity contribution in [1.82, 2.24) is 0 Å². The number of halogens is 2. The lowest BCUT2D eigenvalue weighted by molar-refractivity contribution is -0.0250. The van der Waals surface area contributed by atoms with Crippen molar-refractivity contribution in [3.05, 3.63) is 0 Å². The van der Waals surface area contributed by atoms with E-state index in [9.17, 15) is 8.78 Å². The van der Waals surface area contributed by atoms with Gasteiger partial charge in [-0.25, -0.2) is 8.78 Å². The predicted octanol–water partition coefficient (Wildman–Crippen LogP) is 5.42. The van der Waals surface area contributed by atoms with Gasteiger partial charge in [0.05, 0.1) is 0 Å². The topological polar surface area (TPSA) is 0 Å². The summed E-state index contributed by atoms with van der Waals surface area (Å²) < 4.78 is 26.1. The summed E-state index contributed by atoms with van der Waals surface area (Å²) in [4.78, 5) is 0. The standard InChI is InChI=1S/C15H30F2/c1-11(12(17)9-16)15(7,8)14(5,6)10-13(2,3)4/h11-12H,9-10H2,1-8H3. The molecule has 0 saturated carbocycles. The molecule has 0 heterocycles. The summed E-state index contributed by atoms with van der Waals surface area (Å²) in [6.07, 6.45) is -0.361. The van der Waals surface area contributed by atoms with Crippen LogP contribution in [0.2, 0.25) is 0 Å². The molecular weight excluding hydrogens is 218 g/mol. The number of hydrogen-bond donors (Lipinski definition) is 0. The van der Waals surface area contributed by atoms with E-state index in [1.54, 1.807) is 0 Å². The summed E-state index contributed by atoms with van der Waals surface area (Å²) in [7, 11) is 0. The van der Waals surface area contributed by atoms with Crippen molar-refractivity contribution >= 4 is 0 Å². The minimum atomic E-state index is -1.36. The van der Waals surface area contributed by atoms with Crippen LogP contribution in [-0.2, 0) is 0 Å². The molecule has 0 aromatic carbocycles. The molecule has 0 bridgehead atoms. The molecule has 0 aromatic heterocycles. The molecule has 0 aliphatic heterocycles. The smallest absolute Gasteiger partial charge is 0.131 e. The average Bonchev–Trinajstić information content (AvgIpc) is 2.11. The molecule has 0 aliphatic rings. The van der Waals surface area contributed by atoms with E-state index in [2.05, 4.69) is 48.5 Å². The fraction of sp³-hybridized carbons (Fsp3) is 1.00. The van der Waals surface area contributed by atoms with Gasteiger partial charge in [-0.15, -0.1) is 0 Å². The van der Waals surface area contributed by atoms with E-state index in [1.807, 2.05) is 6.92 Å². The van der Waals surface area contributed by atoms with Crippen molar-refractivity contribution in [3.8, 4) is 0 Å². The van der Waals surface area contributed by atoms with Crippen LogP contribution in [0.5, 0.6) is 0 Å². The fourth-order valence-electron chi connectivity index (χ4n) is 2.76. The molecule has 0 aliphatic carbocycles. The summed E-state index contributed by atoms with van der Waals surface area (Å²) in [6.45, 7) is 16.0. The maximum absolute atomic E-state index is 13.6. The second kappa shape index (κ2) is 5.24. The van der Waals surface area contributed by atoms with Crippen molar-refractivity contribution in [2.24, 2.45) is 22.2 Å². The van der Waals surface area contributed by atoms with Gasteiger partial charge in [-0.1, -0.05) is 55.4 Å². The molecule has 0 fully saturated rings. The van der Waals surface area contributed by atoms with Crippen LogP contribution < -0.4 is 0 Å². The highest BCUT2D eigenvalue weighted by molar-refractivity contribution is 4.94. The molecule has 0 aromatic rings. The Hall–Kier alpha value is -0.140. The Morgan fingerprint density at radius 2 is 1.35 bits per heavy atom. The SMILES string of the molecule is CC(C(F)CF)C(C)(C)C(C)(C)CC(C)(C)C. The third-order valence-electron chi connectivity index (χ3n) is 4.54. The molecule has 2 unspecified atom stereocenters. The molecule has 0 nitrogen and oxygen atoms in total. The van der Waals surface area contributed by atoms with Crippen molar-refractivity contribution in [2.45, 2.75) is 68.0 Å². The number of rotatable bonds is 5. The van der Waals surface area contributed by atoms with Gasteiger partial charge in [0.15, 0.2) is 0 Å². The highest BCUT2D eigenvalue weighted by Gasteiger charge is 2.45.